The molecule has 1 heterocycles. The molecule has 4 heteroatoms. The summed E-state index contributed by atoms with van der Waals surface area (Å²) in [4.78, 5) is 4.97. The summed E-state index contributed by atoms with van der Waals surface area (Å²) in [5.74, 6) is 0. The van der Waals surface area contributed by atoms with Gasteiger partial charge in [-0.1, -0.05) is 30.7 Å². The molecule has 1 aromatic rings. The fraction of sp³-hybridized carbons (Fsp3) is 0.625. The Morgan fingerprint density at radius 3 is 2.15 bits per heavy atom. The molecular weight excluding hydrogens is 272 g/mol. The van der Waals surface area contributed by atoms with Crippen molar-refractivity contribution in [3.63, 3.8) is 0 Å². The van der Waals surface area contributed by atoms with Gasteiger partial charge in [-0.3, -0.25) is 0 Å². The van der Waals surface area contributed by atoms with E-state index in [1.807, 2.05) is 24.3 Å². The Hall–Kier alpha value is -0.610. The zero-order valence-corrected chi connectivity index (χ0v) is 13.0. The lowest BCUT2D eigenvalue weighted by atomic mass is 10.1. The van der Waals surface area contributed by atoms with Gasteiger partial charge in [0.2, 0.25) is 0 Å². The Morgan fingerprint density at radius 2 is 1.60 bits per heavy atom. The Balaban J connectivity index is 1.71. The molecule has 20 heavy (non-hydrogen) atoms. The largest absolute Gasteiger partial charge is 0.388 e. The van der Waals surface area contributed by atoms with E-state index in [2.05, 4.69) is 16.7 Å². The number of aliphatic hydroxyl groups excluding tert-OH is 1. The van der Waals surface area contributed by atoms with Crippen LogP contribution in [0, 0.1) is 0 Å². The molecule has 3 nitrogen and oxygen atoms in total. The predicted octanol–water partition coefficient (Wildman–Crippen LogP) is 2.79. The summed E-state index contributed by atoms with van der Waals surface area (Å²) >= 11 is 5.86. The number of benzene rings is 1. The zero-order valence-electron chi connectivity index (χ0n) is 12.3. The first-order valence-electron chi connectivity index (χ1n) is 7.57. The van der Waals surface area contributed by atoms with Crippen molar-refractivity contribution in [2.75, 3.05) is 39.3 Å². The van der Waals surface area contributed by atoms with E-state index >= 15 is 0 Å². The fourth-order valence-corrected chi connectivity index (χ4v) is 2.84. The topological polar surface area (TPSA) is 26.7 Å². The molecule has 1 aromatic carbocycles. The van der Waals surface area contributed by atoms with Crippen molar-refractivity contribution in [1.29, 1.82) is 0 Å². The van der Waals surface area contributed by atoms with Gasteiger partial charge in [-0.2, -0.15) is 0 Å². The van der Waals surface area contributed by atoms with E-state index < -0.39 is 0 Å². The van der Waals surface area contributed by atoms with Crippen LogP contribution < -0.4 is 0 Å². The highest BCUT2D eigenvalue weighted by Crippen LogP contribution is 2.19. The predicted molar refractivity (Wildman–Crippen MR) is 84.2 cm³/mol. The van der Waals surface area contributed by atoms with Gasteiger partial charge >= 0.3 is 0 Å². The highest BCUT2D eigenvalue weighted by atomic mass is 35.5. The van der Waals surface area contributed by atoms with Gasteiger partial charge in [0, 0.05) is 37.7 Å². The van der Waals surface area contributed by atoms with Crippen molar-refractivity contribution < 1.29 is 5.11 Å². The van der Waals surface area contributed by atoms with Gasteiger partial charge in [0.25, 0.3) is 0 Å². The maximum Gasteiger partial charge on any atom is 0.0802 e. The molecule has 112 valence electrons. The number of hydrogen-bond donors (Lipinski definition) is 1. The molecule has 1 fully saturated rings. The summed E-state index contributed by atoms with van der Waals surface area (Å²) in [6.45, 7) is 8.95. The summed E-state index contributed by atoms with van der Waals surface area (Å²) < 4.78 is 0. The first kappa shape index (κ1) is 15.8. The maximum atomic E-state index is 10.2. The van der Waals surface area contributed by atoms with Gasteiger partial charge in [-0.05, 0) is 37.1 Å². The van der Waals surface area contributed by atoms with Gasteiger partial charge in [0.15, 0.2) is 0 Å². The van der Waals surface area contributed by atoms with Gasteiger partial charge in [-0.15, -0.1) is 0 Å². The Bertz CT molecular complexity index is 388. The third-order valence-electron chi connectivity index (χ3n) is 3.98. The quantitative estimate of drug-likeness (QED) is 0.874. The van der Waals surface area contributed by atoms with Crippen molar-refractivity contribution in [3.05, 3.63) is 34.9 Å². The number of halogens is 1. The first-order valence-corrected chi connectivity index (χ1v) is 7.95. The summed E-state index contributed by atoms with van der Waals surface area (Å²) in [6, 6.07) is 7.49. The molecule has 0 aliphatic carbocycles. The minimum absolute atomic E-state index is 0.388. The standard InChI is InChI=1S/C16H25ClN2O/c1-2-8-18-10-12-19(13-11-18)9-7-16(20)14-3-5-15(17)6-4-14/h3-6,16,20H,2,7-13H2,1H3. The van der Waals surface area contributed by atoms with Crippen LogP contribution in [-0.2, 0) is 0 Å². The Kier molecular flexibility index (Phi) is 6.30. The van der Waals surface area contributed by atoms with E-state index in [1.165, 1.54) is 13.0 Å². The first-order chi connectivity index (χ1) is 9.69. The third-order valence-corrected chi connectivity index (χ3v) is 4.23. The fourth-order valence-electron chi connectivity index (χ4n) is 2.71. The molecule has 0 bridgehead atoms. The molecule has 1 saturated heterocycles. The molecule has 1 unspecified atom stereocenters. The van der Waals surface area contributed by atoms with Crippen molar-refractivity contribution in [1.82, 2.24) is 9.80 Å². The lowest BCUT2D eigenvalue weighted by molar-refractivity contribution is 0.102. The molecule has 1 N–H and O–H groups in total. The van der Waals surface area contributed by atoms with Crippen LogP contribution in [0.2, 0.25) is 5.02 Å². The Labute approximate surface area is 127 Å². The van der Waals surface area contributed by atoms with E-state index in [0.29, 0.717) is 5.02 Å². The van der Waals surface area contributed by atoms with Crippen molar-refractivity contribution in [2.45, 2.75) is 25.9 Å². The number of aliphatic hydroxyl groups is 1. The van der Waals surface area contributed by atoms with Crippen LogP contribution in [0.1, 0.15) is 31.4 Å². The number of piperazine rings is 1. The van der Waals surface area contributed by atoms with Crippen molar-refractivity contribution in [3.8, 4) is 0 Å². The molecule has 0 saturated carbocycles. The average Bonchev–Trinajstić information content (AvgIpc) is 2.47. The van der Waals surface area contributed by atoms with Gasteiger partial charge in [0.05, 0.1) is 6.10 Å². The van der Waals surface area contributed by atoms with Crippen molar-refractivity contribution >= 4 is 11.6 Å². The second-order valence-corrected chi connectivity index (χ2v) is 5.98. The third kappa shape index (κ3) is 4.74. The van der Waals surface area contributed by atoms with E-state index in [4.69, 9.17) is 11.6 Å². The highest BCUT2D eigenvalue weighted by molar-refractivity contribution is 6.30. The van der Waals surface area contributed by atoms with Crippen LogP contribution in [0.5, 0.6) is 0 Å². The molecule has 2 rings (SSSR count). The van der Waals surface area contributed by atoms with Crippen molar-refractivity contribution in [2.24, 2.45) is 0 Å². The van der Waals surface area contributed by atoms with E-state index in [0.717, 1.165) is 44.7 Å². The summed E-state index contributed by atoms with van der Waals surface area (Å²) in [5.41, 5.74) is 0.957. The Morgan fingerprint density at radius 1 is 1.05 bits per heavy atom. The highest BCUT2D eigenvalue weighted by Gasteiger charge is 2.17. The van der Waals surface area contributed by atoms with Crippen LogP contribution in [0.4, 0.5) is 0 Å². The minimum Gasteiger partial charge on any atom is -0.388 e. The lowest BCUT2D eigenvalue weighted by Crippen LogP contribution is -2.46. The van der Waals surface area contributed by atoms with Crippen LogP contribution in [0.15, 0.2) is 24.3 Å². The van der Waals surface area contributed by atoms with Crippen LogP contribution in [0.3, 0.4) is 0 Å². The molecular formula is C16H25ClN2O. The lowest BCUT2D eigenvalue weighted by Gasteiger charge is -2.34. The minimum atomic E-state index is -0.388. The second-order valence-electron chi connectivity index (χ2n) is 5.54. The van der Waals surface area contributed by atoms with E-state index in [9.17, 15) is 5.11 Å². The summed E-state index contributed by atoms with van der Waals surface area (Å²) in [7, 11) is 0. The monoisotopic (exact) mass is 296 g/mol. The molecule has 1 atom stereocenters. The summed E-state index contributed by atoms with van der Waals surface area (Å²) in [5, 5.41) is 10.9. The molecule has 0 radical (unpaired) electrons. The number of nitrogens with zero attached hydrogens (tertiary/aromatic N) is 2. The van der Waals surface area contributed by atoms with Crippen LogP contribution in [0.25, 0.3) is 0 Å². The molecule has 0 aromatic heterocycles. The summed E-state index contributed by atoms with van der Waals surface area (Å²) in [6.07, 6.45) is 1.63. The van der Waals surface area contributed by atoms with E-state index in [1.54, 1.807) is 0 Å². The van der Waals surface area contributed by atoms with E-state index in [-0.39, 0.29) is 6.10 Å². The van der Waals surface area contributed by atoms with Gasteiger partial charge in [-0.25, -0.2) is 0 Å². The maximum absolute atomic E-state index is 10.2. The smallest absolute Gasteiger partial charge is 0.0802 e. The van der Waals surface area contributed by atoms with Gasteiger partial charge < -0.3 is 14.9 Å². The number of hydrogen-bond acceptors (Lipinski definition) is 3. The average molecular weight is 297 g/mol. The second kappa shape index (κ2) is 7.99. The van der Waals surface area contributed by atoms with Crippen LogP contribution in [-0.4, -0.2) is 54.2 Å². The van der Waals surface area contributed by atoms with Gasteiger partial charge in [0.1, 0.15) is 0 Å². The molecule has 0 spiro atoms. The normalized spacial score (nSPS) is 19.1. The SMILES string of the molecule is CCCN1CCN(CCC(O)c2ccc(Cl)cc2)CC1. The zero-order chi connectivity index (χ0) is 14.4. The molecule has 0 amide bonds. The van der Waals surface area contributed by atoms with Crippen LogP contribution >= 0.6 is 11.6 Å². The number of rotatable bonds is 6. The molecule has 1 aliphatic rings. The molecule has 1 aliphatic heterocycles.